The first kappa shape index (κ1) is 15.3. The summed E-state index contributed by atoms with van der Waals surface area (Å²) in [6, 6.07) is 3.35. The number of hydrogen-bond acceptors (Lipinski definition) is 4. The zero-order valence-electron chi connectivity index (χ0n) is 12.2. The Hall–Kier alpha value is -1.13. The number of esters is 1. The molecule has 0 N–H and O–H groups in total. The number of carbonyl (C=O) groups is 1. The summed E-state index contributed by atoms with van der Waals surface area (Å²) in [7, 11) is 2.08. The largest absolute Gasteiger partial charge is 0.459 e. The molecule has 2 rings (SSSR count). The predicted molar refractivity (Wildman–Crippen MR) is 79.3 cm³/mol. The van der Waals surface area contributed by atoms with Gasteiger partial charge in [0.05, 0.1) is 5.56 Å². The lowest BCUT2D eigenvalue weighted by Crippen LogP contribution is -2.35. The van der Waals surface area contributed by atoms with Gasteiger partial charge < -0.3 is 9.64 Å². The van der Waals surface area contributed by atoms with Gasteiger partial charge in [0.15, 0.2) is 0 Å². The van der Waals surface area contributed by atoms with Crippen molar-refractivity contribution in [3.8, 4) is 0 Å². The fraction of sp³-hybridized carbons (Fsp3) is 0.600. The summed E-state index contributed by atoms with van der Waals surface area (Å²) in [6.45, 7) is 5.97. The normalized spacial score (nSPS) is 17.4. The number of rotatable bonds is 3. The Bertz CT molecular complexity index is 483. The number of hydrogen-bond donors (Lipinski definition) is 0. The summed E-state index contributed by atoms with van der Waals surface area (Å²) >= 11 is 5.97. The van der Waals surface area contributed by atoms with Gasteiger partial charge >= 0.3 is 5.97 Å². The number of pyridine rings is 1. The van der Waals surface area contributed by atoms with Gasteiger partial charge in [-0.2, -0.15) is 0 Å². The molecule has 0 aromatic carbocycles. The van der Waals surface area contributed by atoms with Gasteiger partial charge in [-0.05, 0) is 37.9 Å². The van der Waals surface area contributed by atoms with Gasteiger partial charge in [-0.3, -0.25) is 0 Å². The molecule has 0 amide bonds. The third-order valence-electron chi connectivity index (χ3n) is 3.58. The molecule has 110 valence electrons. The van der Waals surface area contributed by atoms with E-state index in [4.69, 9.17) is 16.3 Å². The van der Waals surface area contributed by atoms with Crippen molar-refractivity contribution in [3.63, 3.8) is 0 Å². The molecule has 0 radical (unpaired) electrons. The van der Waals surface area contributed by atoms with E-state index in [-0.39, 0.29) is 18.0 Å². The number of carbonyl (C=O) groups excluding carboxylic acids is 1. The number of ether oxygens (including phenoxy) is 1. The monoisotopic (exact) mass is 296 g/mol. The molecule has 1 aromatic rings. The summed E-state index contributed by atoms with van der Waals surface area (Å²) in [5.74, 6) is -0.0747. The standard InChI is InChI=1S/C15H21ClN2O2/c1-10(2)13-8-11(9-14(16)17-13)15(19)20-12-4-6-18(3)7-5-12/h8-10,12H,4-7H2,1-3H3. The average molecular weight is 297 g/mol. The Morgan fingerprint density at radius 3 is 2.65 bits per heavy atom. The van der Waals surface area contributed by atoms with Crippen LogP contribution in [0.3, 0.4) is 0 Å². The van der Waals surface area contributed by atoms with Crippen molar-refractivity contribution in [1.82, 2.24) is 9.88 Å². The highest BCUT2D eigenvalue weighted by Gasteiger charge is 2.21. The summed E-state index contributed by atoms with van der Waals surface area (Å²) in [4.78, 5) is 18.7. The first-order valence-corrected chi connectivity index (χ1v) is 7.40. The van der Waals surface area contributed by atoms with Crippen LogP contribution >= 0.6 is 11.6 Å². The van der Waals surface area contributed by atoms with Crippen LogP contribution in [0.15, 0.2) is 12.1 Å². The first-order chi connectivity index (χ1) is 9.45. The molecule has 0 aliphatic carbocycles. The van der Waals surface area contributed by atoms with E-state index in [1.807, 2.05) is 13.8 Å². The van der Waals surface area contributed by atoms with E-state index in [9.17, 15) is 4.79 Å². The van der Waals surface area contributed by atoms with Crippen molar-refractivity contribution in [3.05, 3.63) is 28.5 Å². The minimum atomic E-state index is -0.300. The molecule has 0 spiro atoms. The van der Waals surface area contributed by atoms with Gasteiger partial charge in [0.1, 0.15) is 11.3 Å². The minimum absolute atomic E-state index is 0.00754. The molecule has 1 aliphatic rings. The Morgan fingerprint density at radius 2 is 2.05 bits per heavy atom. The number of aromatic nitrogens is 1. The van der Waals surface area contributed by atoms with Crippen LogP contribution in [0.5, 0.6) is 0 Å². The number of nitrogens with zero attached hydrogens (tertiary/aromatic N) is 2. The summed E-state index contributed by atoms with van der Waals surface area (Å²) in [5.41, 5.74) is 1.31. The van der Waals surface area contributed by atoms with Gasteiger partial charge in [0.2, 0.25) is 0 Å². The van der Waals surface area contributed by atoms with Crippen molar-refractivity contribution < 1.29 is 9.53 Å². The SMILES string of the molecule is CC(C)c1cc(C(=O)OC2CCN(C)CC2)cc(Cl)n1. The van der Waals surface area contributed by atoms with Crippen LogP contribution < -0.4 is 0 Å². The first-order valence-electron chi connectivity index (χ1n) is 7.02. The van der Waals surface area contributed by atoms with Crippen LogP contribution in [0.4, 0.5) is 0 Å². The lowest BCUT2D eigenvalue weighted by molar-refractivity contribution is 0.0139. The van der Waals surface area contributed by atoms with Crippen molar-refractivity contribution in [2.75, 3.05) is 20.1 Å². The molecule has 20 heavy (non-hydrogen) atoms. The Balaban J connectivity index is 2.05. The number of piperidine rings is 1. The van der Waals surface area contributed by atoms with Crippen molar-refractivity contribution >= 4 is 17.6 Å². The second kappa shape index (κ2) is 6.55. The molecule has 1 saturated heterocycles. The number of likely N-dealkylation sites (tertiary alicyclic amines) is 1. The second-order valence-electron chi connectivity index (χ2n) is 5.67. The predicted octanol–water partition coefficient (Wildman–Crippen LogP) is 3.11. The van der Waals surface area contributed by atoms with E-state index < -0.39 is 0 Å². The van der Waals surface area contributed by atoms with Gasteiger partial charge in [-0.1, -0.05) is 25.4 Å². The Kier molecular flexibility index (Phi) is 5.00. The summed E-state index contributed by atoms with van der Waals surface area (Å²) < 4.78 is 5.56. The molecule has 5 heteroatoms. The molecule has 1 aromatic heterocycles. The summed E-state index contributed by atoms with van der Waals surface area (Å²) in [5, 5.41) is 0.339. The maximum Gasteiger partial charge on any atom is 0.338 e. The van der Waals surface area contributed by atoms with E-state index in [1.54, 1.807) is 12.1 Å². The Labute approximate surface area is 125 Å². The maximum absolute atomic E-state index is 12.2. The molecule has 1 fully saturated rings. The van der Waals surface area contributed by atoms with E-state index in [1.165, 1.54) is 0 Å². The van der Waals surface area contributed by atoms with Gasteiger partial charge in [0, 0.05) is 18.8 Å². The van der Waals surface area contributed by atoms with Crippen LogP contribution in [-0.4, -0.2) is 42.1 Å². The molecule has 0 saturated carbocycles. The molecule has 0 atom stereocenters. The van der Waals surface area contributed by atoms with Crippen LogP contribution in [0, 0.1) is 0 Å². The quantitative estimate of drug-likeness (QED) is 0.635. The van der Waals surface area contributed by atoms with E-state index in [0.717, 1.165) is 31.6 Å². The zero-order valence-corrected chi connectivity index (χ0v) is 13.0. The maximum atomic E-state index is 12.2. The van der Waals surface area contributed by atoms with Crippen LogP contribution in [0.25, 0.3) is 0 Å². The van der Waals surface area contributed by atoms with E-state index >= 15 is 0 Å². The smallest absolute Gasteiger partial charge is 0.338 e. The fourth-order valence-electron chi connectivity index (χ4n) is 2.25. The van der Waals surface area contributed by atoms with Gasteiger partial charge in [0.25, 0.3) is 0 Å². The molecule has 2 heterocycles. The van der Waals surface area contributed by atoms with Crippen LogP contribution in [-0.2, 0) is 4.74 Å². The van der Waals surface area contributed by atoms with Crippen molar-refractivity contribution in [2.45, 2.75) is 38.7 Å². The average Bonchev–Trinajstić information content (AvgIpc) is 2.40. The molecule has 0 bridgehead atoms. The molecule has 1 aliphatic heterocycles. The Morgan fingerprint density at radius 1 is 1.40 bits per heavy atom. The lowest BCUT2D eigenvalue weighted by atomic mass is 10.1. The fourth-order valence-corrected chi connectivity index (χ4v) is 2.47. The summed E-state index contributed by atoms with van der Waals surface area (Å²) in [6.07, 6.45) is 1.78. The highest BCUT2D eigenvalue weighted by atomic mass is 35.5. The lowest BCUT2D eigenvalue weighted by Gasteiger charge is -2.28. The highest BCUT2D eigenvalue weighted by molar-refractivity contribution is 6.29. The van der Waals surface area contributed by atoms with Crippen molar-refractivity contribution in [1.29, 1.82) is 0 Å². The van der Waals surface area contributed by atoms with E-state index in [2.05, 4.69) is 16.9 Å². The highest BCUT2D eigenvalue weighted by Crippen LogP contribution is 2.20. The third kappa shape index (κ3) is 3.93. The van der Waals surface area contributed by atoms with Crippen LogP contribution in [0.2, 0.25) is 5.15 Å². The zero-order chi connectivity index (χ0) is 14.7. The van der Waals surface area contributed by atoms with E-state index in [0.29, 0.717) is 10.7 Å². The molecule has 0 unspecified atom stereocenters. The molecule has 4 nitrogen and oxygen atoms in total. The number of halogens is 1. The van der Waals surface area contributed by atoms with Gasteiger partial charge in [-0.15, -0.1) is 0 Å². The van der Waals surface area contributed by atoms with Crippen molar-refractivity contribution in [2.24, 2.45) is 0 Å². The molecular weight excluding hydrogens is 276 g/mol. The minimum Gasteiger partial charge on any atom is -0.459 e. The third-order valence-corrected chi connectivity index (χ3v) is 3.77. The van der Waals surface area contributed by atoms with Gasteiger partial charge in [-0.25, -0.2) is 9.78 Å². The van der Waals surface area contributed by atoms with Crippen LogP contribution in [0.1, 0.15) is 48.7 Å². The topological polar surface area (TPSA) is 42.4 Å². The molecular formula is C15H21ClN2O2. The second-order valence-corrected chi connectivity index (χ2v) is 6.05.